The SMILES string of the molecule is CCOC1CCN(C(=NC)NCCc2c[nH]c3cc(F)ccc23)CC1. The Morgan fingerprint density at radius 3 is 2.92 bits per heavy atom. The fourth-order valence-corrected chi connectivity index (χ4v) is 3.48. The number of aromatic nitrogens is 1. The number of fused-ring (bicyclic) bond motifs is 1. The van der Waals surface area contributed by atoms with Crippen molar-refractivity contribution in [2.24, 2.45) is 4.99 Å². The highest BCUT2D eigenvalue weighted by atomic mass is 19.1. The van der Waals surface area contributed by atoms with Gasteiger partial charge in [-0.2, -0.15) is 0 Å². The van der Waals surface area contributed by atoms with E-state index in [-0.39, 0.29) is 5.82 Å². The number of nitrogens with zero attached hydrogens (tertiary/aromatic N) is 2. The summed E-state index contributed by atoms with van der Waals surface area (Å²) in [6.07, 6.45) is 5.29. The number of guanidine groups is 1. The molecule has 0 bridgehead atoms. The average molecular weight is 346 g/mol. The molecule has 1 aliphatic heterocycles. The van der Waals surface area contributed by atoms with E-state index >= 15 is 0 Å². The monoisotopic (exact) mass is 346 g/mol. The lowest BCUT2D eigenvalue weighted by atomic mass is 10.1. The average Bonchev–Trinajstić information content (AvgIpc) is 3.02. The fourth-order valence-electron chi connectivity index (χ4n) is 3.48. The van der Waals surface area contributed by atoms with Gasteiger partial charge in [0.05, 0.1) is 6.10 Å². The Bertz CT molecular complexity index is 719. The lowest BCUT2D eigenvalue weighted by Gasteiger charge is -2.34. The minimum atomic E-state index is -0.213. The molecule has 1 aromatic heterocycles. The number of aliphatic imine (C=N–C) groups is 1. The topological polar surface area (TPSA) is 52.6 Å². The highest BCUT2D eigenvalue weighted by molar-refractivity contribution is 5.83. The molecule has 0 amide bonds. The van der Waals surface area contributed by atoms with Crippen molar-refractivity contribution < 1.29 is 9.13 Å². The third kappa shape index (κ3) is 4.31. The highest BCUT2D eigenvalue weighted by Gasteiger charge is 2.21. The standard InChI is InChI=1S/C19H27FN4O/c1-3-25-16-7-10-24(11-8-16)19(21-2)22-9-6-14-13-23-18-12-15(20)4-5-17(14)18/h4-5,12-13,16,23H,3,6-11H2,1-2H3,(H,21,22). The van der Waals surface area contributed by atoms with Gasteiger partial charge in [0.1, 0.15) is 5.82 Å². The highest BCUT2D eigenvalue weighted by Crippen LogP contribution is 2.19. The molecule has 1 fully saturated rings. The summed E-state index contributed by atoms with van der Waals surface area (Å²) in [5.74, 6) is 0.732. The number of H-pyrrole nitrogens is 1. The van der Waals surface area contributed by atoms with Crippen molar-refractivity contribution in [3.05, 3.63) is 35.8 Å². The van der Waals surface area contributed by atoms with Crippen molar-refractivity contribution in [1.82, 2.24) is 15.2 Å². The van der Waals surface area contributed by atoms with Gasteiger partial charge < -0.3 is 19.9 Å². The van der Waals surface area contributed by atoms with E-state index in [9.17, 15) is 4.39 Å². The number of benzene rings is 1. The smallest absolute Gasteiger partial charge is 0.193 e. The third-order valence-corrected chi connectivity index (χ3v) is 4.76. The minimum absolute atomic E-state index is 0.213. The van der Waals surface area contributed by atoms with Crippen LogP contribution in [0.15, 0.2) is 29.4 Å². The summed E-state index contributed by atoms with van der Waals surface area (Å²) in [4.78, 5) is 9.84. The predicted molar refractivity (Wildman–Crippen MR) is 99.5 cm³/mol. The second kappa shape index (κ2) is 8.34. The van der Waals surface area contributed by atoms with Gasteiger partial charge in [-0.15, -0.1) is 0 Å². The van der Waals surface area contributed by atoms with Gasteiger partial charge in [-0.25, -0.2) is 4.39 Å². The Kier molecular flexibility index (Phi) is 5.91. The predicted octanol–water partition coefficient (Wildman–Crippen LogP) is 2.93. The lowest BCUT2D eigenvalue weighted by Crippen LogP contribution is -2.47. The Hall–Kier alpha value is -2.08. The van der Waals surface area contributed by atoms with Crippen molar-refractivity contribution in [2.75, 3.05) is 33.3 Å². The zero-order valence-corrected chi connectivity index (χ0v) is 15.0. The number of aromatic amines is 1. The van der Waals surface area contributed by atoms with Crippen LogP contribution in [-0.2, 0) is 11.2 Å². The Labute approximate surface area is 148 Å². The molecule has 25 heavy (non-hydrogen) atoms. The van der Waals surface area contributed by atoms with E-state index in [0.29, 0.717) is 6.10 Å². The summed E-state index contributed by atoms with van der Waals surface area (Å²) in [5.41, 5.74) is 2.03. The summed E-state index contributed by atoms with van der Waals surface area (Å²) in [6, 6.07) is 4.88. The van der Waals surface area contributed by atoms with Crippen LogP contribution < -0.4 is 5.32 Å². The summed E-state index contributed by atoms with van der Waals surface area (Å²) in [7, 11) is 1.82. The molecular formula is C19H27FN4O. The first-order valence-electron chi connectivity index (χ1n) is 9.04. The van der Waals surface area contributed by atoms with E-state index < -0.39 is 0 Å². The molecule has 6 heteroatoms. The molecule has 136 valence electrons. The van der Waals surface area contributed by atoms with E-state index in [2.05, 4.69) is 20.2 Å². The van der Waals surface area contributed by atoms with Crippen LogP contribution in [0.2, 0.25) is 0 Å². The van der Waals surface area contributed by atoms with Crippen molar-refractivity contribution in [3.8, 4) is 0 Å². The Morgan fingerprint density at radius 2 is 2.20 bits per heavy atom. The molecule has 1 aliphatic rings. The number of hydrogen-bond acceptors (Lipinski definition) is 2. The number of hydrogen-bond donors (Lipinski definition) is 2. The maximum Gasteiger partial charge on any atom is 0.193 e. The molecule has 0 aliphatic carbocycles. The van der Waals surface area contributed by atoms with Gasteiger partial charge in [0.15, 0.2) is 5.96 Å². The maximum absolute atomic E-state index is 13.3. The molecule has 2 N–H and O–H groups in total. The van der Waals surface area contributed by atoms with Gasteiger partial charge in [0.2, 0.25) is 0 Å². The van der Waals surface area contributed by atoms with Gasteiger partial charge >= 0.3 is 0 Å². The summed E-state index contributed by atoms with van der Waals surface area (Å²) in [5, 5.41) is 4.53. The van der Waals surface area contributed by atoms with Gasteiger partial charge in [-0.3, -0.25) is 4.99 Å². The number of ether oxygens (including phenoxy) is 1. The van der Waals surface area contributed by atoms with Gasteiger partial charge in [-0.05, 0) is 49.9 Å². The van der Waals surface area contributed by atoms with E-state index in [1.165, 1.54) is 17.7 Å². The third-order valence-electron chi connectivity index (χ3n) is 4.76. The van der Waals surface area contributed by atoms with Crippen molar-refractivity contribution in [1.29, 1.82) is 0 Å². The lowest BCUT2D eigenvalue weighted by molar-refractivity contribution is 0.0264. The number of halogens is 1. The van der Waals surface area contributed by atoms with E-state index in [4.69, 9.17) is 4.74 Å². The maximum atomic E-state index is 13.3. The van der Waals surface area contributed by atoms with Crippen LogP contribution >= 0.6 is 0 Å². The first kappa shape index (κ1) is 17.7. The molecule has 0 unspecified atom stereocenters. The van der Waals surface area contributed by atoms with Crippen LogP contribution in [-0.4, -0.2) is 55.2 Å². The van der Waals surface area contributed by atoms with E-state index in [0.717, 1.165) is 62.4 Å². The van der Waals surface area contributed by atoms with Crippen LogP contribution in [0.5, 0.6) is 0 Å². The fraction of sp³-hybridized carbons (Fsp3) is 0.526. The molecule has 0 saturated carbocycles. The van der Waals surface area contributed by atoms with Crippen LogP contribution in [0, 0.1) is 5.82 Å². The number of rotatable bonds is 5. The molecule has 2 aromatic rings. The largest absolute Gasteiger partial charge is 0.378 e. The minimum Gasteiger partial charge on any atom is -0.378 e. The molecule has 0 spiro atoms. The molecule has 1 saturated heterocycles. The molecular weight excluding hydrogens is 319 g/mol. The van der Waals surface area contributed by atoms with Gasteiger partial charge in [0, 0.05) is 50.4 Å². The molecule has 5 nitrogen and oxygen atoms in total. The van der Waals surface area contributed by atoms with Gasteiger partial charge in [-0.1, -0.05) is 0 Å². The molecule has 3 rings (SSSR count). The van der Waals surface area contributed by atoms with Gasteiger partial charge in [0.25, 0.3) is 0 Å². The summed E-state index contributed by atoms with van der Waals surface area (Å²) < 4.78 is 19.0. The Morgan fingerprint density at radius 1 is 1.40 bits per heavy atom. The van der Waals surface area contributed by atoms with Crippen molar-refractivity contribution in [3.63, 3.8) is 0 Å². The molecule has 0 radical (unpaired) electrons. The van der Waals surface area contributed by atoms with E-state index in [1.54, 1.807) is 0 Å². The van der Waals surface area contributed by atoms with Crippen LogP contribution in [0.4, 0.5) is 4.39 Å². The number of likely N-dealkylation sites (tertiary alicyclic amines) is 1. The quantitative estimate of drug-likeness (QED) is 0.646. The number of nitrogens with one attached hydrogen (secondary N) is 2. The molecule has 2 heterocycles. The zero-order valence-electron chi connectivity index (χ0n) is 15.0. The normalized spacial score (nSPS) is 16.6. The molecule has 0 atom stereocenters. The summed E-state index contributed by atoms with van der Waals surface area (Å²) >= 11 is 0. The second-order valence-electron chi connectivity index (χ2n) is 6.37. The summed E-state index contributed by atoms with van der Waals surface area (Å²) in [6.45, 7) is 5.56. The second-order valence-corrected chi connectivity index (χ2v) is 6.37. The first-order valence-corrected chi connectivity index (χ1v) is 9.04. The first-order chi connectivity index (χ1) is 12.2. The van der Waals surface area contributed by atoms with Crippen LogP contribution in [0.3, 0.4) is 0 Å². The van der Waals surface area contributed by atoms with E-state index in [1.807, 2.05) is 26.2 Å². The Balaban J connectivity index is 1.52. The van der Waals surface area contributed by atoms with Crippen LogP contribution in [0.1, 0.15) is 25.3 Å². The van der Waals surface area contributed by atoms with Crippen molar-refractivity contribution >= 4 is 16.9 Å². The molecule has 1 aromatic carbocycles. The zero-order chi connectivity index (χ0) is 17.6. The van der Waals surface area contributed by atoms with Crippen LogP contribution in [0.25, 0.3) is 10.9 Å². The van der Waals surface area contributed by atoms with Crippen molar-refractivity contribution in [2.45, 2.75) is 32.3 Å². The number of piperidine rings is 1.